The topological polar surface area (TPSA) is 125 Å². The molecule has 0 aromatic carbocycles. The number of carbonyl (C=O) groups is 1. The molecule has 4 rings (SSSR count). The molecule has 27 heavy (non-hydrogen) atoms. The molecule has 4 aliphatic heterocycles. The van der Waals surface area contributed by atoms with Gasteiger partial charge in [-0.3, -0.25) is 14.6 Å². The Kier molecular flexibility index (Phi) is 5.99. The van der Waals surface area contributed by atoms with Crippen molar-refractivity contribution in [3.05, 3.63) is 0 Å². The Bertz CT molecular complexity index is 514. The van der Waals surface area contributed by atoms with Crippen LogP contribution in [-0.2, 0) is 4.79 Å². The Balaban J connectivity index is 1.86. The molecule has 0 aromatic heterocycles. The van der Waals surface area contributed by atoms with Crippen molar-refractivity contribution in [1.29, 1.82) is 0 Å². The number of hydrogen-bond donors (Lipinski definition) is 5. The first-order chi connectivity index (χ1) is 12.7. The van der Waals surface area contributed by atoms with Gasteiger partial charge in [-0.25, -0.2) is 0 Å². The van der Waals surface area contributed by atoms with Crippen molar-refractivity contribution < 1.29 is 30.3 Å². The van der Waals surface area contributed by atoms with Gasteiger partial charge in [0.2, 0.25) is 0 Å². The van der Waals surface area contributed by atoms with Crippen molar-refractivity contribution in [2.75, 3.05) is 32.8 Å². The molecular formula is C19H34N2O6. The van der Waals surface area contributed by atoms with Crippen LogP contribution in [0.1, 0.15) is 39.5 Å². The van der Waals surface area contributed by atoms with E-state index in [1.54, 1.807) is 0 Å². The number of aliphatic hydroxyl groups is 5. The minimum atomic E-state index is -1.64. The lowest BCUT2D eigenvalue weighted by Gasteiger charge is -2.67. The van der Waals surface area contributed by atoms with E-state index in [1.165, 1.54) is 0 Å². The standard InChI is InChI=1S/C19H34N2O6/c1-3-5-18-8-20-10-19(6-4-2,17(18)27)11-21(9-18)16(20)15(26)14(25)13(24)12(23)7-22/h12-16,22-26H,3-11H2,1-2H3/t12-,13-,14+,15+,16?,18?,19?/m0/s1. The Labute approximate surface area is 160 Å². The van der Waals surface area contributed by atoms with E-state index in [0.29, 0.717) is 32.0 Å². The minimum absolute atomic E-state index is 0.357. The zero-order valence-corrected chi connectivity index (χ0v) is 16.3. The number of piperidine rings is 2. The second-order valence-electron chi connectivity index (χ2n) is 8.84. The molecule has 0 radical (unpaired) electrons. The van der Waals surface area contributed by atoms with Crippen LogP contribution in [-0.4, -0.2) is 104 Å². The van der Waals surface area contributed by atoms with Crippen LogP contribution in [0.25, 0.3) is 0 Å². The number of Topliss-reactive ketones (excluding diaryl/α,β-unsaturated/α-hetero) is 1. The Morgan fingerprint density at radius 1 is 0.926 bits per heavy atom. The van der Waals surface area contributed by atoms with Crippen molar-refractivity contribution in [3.8, 4) is 0 Å². The molecular weight excluding hydrogens is 352 g/mol. The quantitative estimate of drug-likeness (QED) is 0.326. The van der Waals surface area contributed by atoms with Gasteiger partial charge in [-0.15, -0.1) is 0 Å². The molecule has 0 aliphatic carbocycles. The summed E-state index contributed by atoms with van der Waals surface area (Å²) in [6.07, 6.45) is -3.13. The fourth-order valence-corrected chi connectivity index (χ4v) is 5.87. The summed E-state index contributed by atoms with van der Waals surface area (Å²) in [7, 11) is 0. The summed E-state index contributed by atoms with van der Waals surface area (Å²) in [5.41, 5.74) is -0.852. The number of aliphatic hydroxyl groups excluding tert-OH is 5. The predicted octanol–water partition coefficient (Wildman–Crippen LogP) is -1.46. The molecule has 0 spiro atoms. The summed E-state index contributed by atoms with van der Waals surface area (Å²) in [5, 5.41) is 49.8. The second-order valence-corrected chi connectivity index (χ2v) is 8.84. The molecule has 0 unspecified atom stereocenters. The van der Waals surface area contributed by atoms with E-state index < -0.39 is 48.0 Å². The summed E-state index contributed by atoms with van der Waals surface area (Å²) < 4.78 is 0. The van der Waals surface area contributed by atoms with Crippen LogP contribution < -0.4 is 0 Å². The predicted molar refractivity (Wildman–Crippen MR) is 97.7 cm³/mol. The number of carbonyl (C=O) groups excluding carboxylic acids is 1. The van der Waals surface area contributed by atoms with Crippen molar-refractivity contribution >= 4 is 5.78 Å². The van der Waals surface area contributed by atoms with Crippen LogP contribution in [0.3, 0.4) is 0 Å². The van der Waals surface area contributed by atoms with E-state index in [0.717, 1.165) is 25.7 Å². The largest absolute Gasteiger partial charge is 0.394 e. The lowest BCUT2D eigenvalue weighted by Crippen LogP contribution is -2.81. The van der Waals surface area contributed by atoms with E-state index in [-0.39, 0.29) is 0 Å². The molecule has 4 heterocycles. The first-order valence-electron chi connectivity index (χ1n) is 10.1. The zero-order valence-electron chi connectivity index (χ0n) is 16.3. The maximum Gasteiger partial charge on any atom is 0.150 e. The van der Waals surface area contributed by atoms with Gasteiger partial charge in [0.1, 0.15) is 30.2 Å². The maximum absolute atomic E-state index is 13.4. The molecule has 8 heteroatoms. The number of ketones is 1. The molecule has 4 bridgehead atoms. The van der Waals surface area contributed by atoms with Gasteiger partial charge in [0.25, 0.3) is 0 Å². The van der Waals surface area contributed by atoms with E-state index in [2.05, 4.69) is 23.6 Å². The normalized spacial score (nSPS) is 42.2. The van der Waals surface area contributed by atoms with Gasteiger partial charge in [0, 0.05) is 26.2 Å². The van der Waals surface area contributed by atoms with Crippen molar-refractivity contribution in [2.24, 2.45) is 10.8 Å². The molecule has 0 saturated carbocycles. The summed E-state index contributed by atoms with van der Waals surface area (Å²) in [6, 6.07) is 0. The molecule has 4 atom stereocenters. The summed E-state index contributed by atoms with van der Waals surface area (Å²) in [5.74, 6) is 0.357. The SMILES string of the molecule is CCCC12CN3CC(CCC)(CN(C1)C3[C@H](O)[C@H](O)[C@@H](O)[C@@H](O)CO)C2=O. The molecule has 4 saturated heterocycles. The molecule has 5 N–H and O–H groups in total. The van der Waals surface area contributed by atoms with Gasteiger partial charge in [-0.05, 0) is 12.8 Å². The molecule has 0 aromatic rings. The number of hydrogen-bond acceptors (Lipinski definition) is 8. The van der Waals surface area contributed by atoms with Crippen LogP contribution in [0, 0.1) is 10.8 Å². The third-order valence-electron chi connectivity index (χ3n) is 6.78. The highest BCUT2D eigenvalue weighted by Crippen LogP contribution is 2.52. The molecule has 8 nitrogen and oxygen atoms in total. The summed E-state index contributed by atoms with van der Waals surface area (Å²) in [4.78, 5) is 17.5. The average molecular weight is 386 g/mol. The highest BCUT2D eigenvalue weighted by atomic mass is 16.4. The van der Waals surface area contributed by atoms with E-state index in [4.69, 9.17) is 5.11 Å². The van der Waals surface area contributed by atoms with Crippen LogP contribution in [0.2, 0.25) is 0 Å². The van der Waals surface area contributed by atoms with Crippen molar-refractivity contribution in [3.63, 3.8) is 0 Å². The van der Waals surface area contributed by atoms with Gasteiger partial charge in [0.05, 0.1) is 23.6 Å². The monoisotopic (exact) mass is 386 g/mol. The highest BCUT2D eigenvalue weighted by Gasteiger charge is 2.65. The Hall–Kier alpha value is -0.610. The number of rotatable bonds is 9. The smallest absolute Gasteiger partial charge is 0.150 e. The van der Waals surface area contributed by atoms with Crippen molar-refractivity contribution in [1.82, 2.24) is 9.80 Å². The van der Waals surface area contributed by atoms with Gasteiger partial charge >= 0.3 is 0 Å². The lowest BCUT2D eigenvalue weighted by molar-refractivity contribution is -0.235. The number of nitrogens with zero attached hydrogens (tertiary/aromatic N) is 2. The molecule has 4 aliphatic rings. The maximum atomic E-state index is 13.4. The zero-order chi connectivity index (χ0) is 20.0. The summed E-state index contributed by atoms with van der Waals surface area (Å²) >= 11 is 0. The average Bonchev–Trinajstić information content (AvgIpc) is 2.63. The molecule has 4 fully saturated rings. The Morgan fingerprint density at radius 3 is 1.74 bits per heavy atom. The second kappa shape index (κ2) is 7.67. The molecule has 156 valence electrons. The highest BCUT2D eigenvalue weighted by molar-refractivity contribution is 5.93. The summed E-state index contributed by atoms with van der Waals surface area (Å²) in [6.45, 7) is 5.65. The van der Waals surface area contributed by atoms with Crippen LogP contribution in [0.15, 0.2) is 0 Å². The van der Waals surface area contributed by atoms with Crippen LogP contribution >= 0.6 is 0 Å². The fourth-order valence-electron chi connectivity index (χ4n) is 5.87. The fraction of sp³-hybridized carbons (Fsp3) is 0.947. The van der Waals surface area contributed by atoms with E-state index in [1.807, 2.05) is 0 Å². The van der Waals surface area contributed by atoms with Gasteiger partial charge in [-0.1, -0.05) is 26.7 Å². The van der Waals surface area contributed by atoms with Gasteiger partial charge in [0.15, 0.2) is 0 Å². The van der Waals surface area contributed by atoms with Crippen LogP contribution in [0.4, 0.5) is 0 Å². The van der Waals surface area contributed by atoms with Crippen LogP contribution in [0.5, 0.6) is 0 Å². The van der Waals surface area contributed by atoms with E-state index >= 15 is 0 Å². The lowest BCUT2D eigenvalue weighted by atomic mass is 9.57. The molecule has 0 amide bonds. The van der Waals surface area contributed by atoms with E-state index in [9.17, 15) is 25.2 Å². The van der Waals surface area contributed by atoms with Gasteiger partial charge < -0.3 is 25.5 Å². The van der Waals surface area contributed by atoms with Gasteiger partial charge in [-0.2, -0.15) is 0 Å². The van der Waals surface area contributed by atoms with Crippen molar-refractivity contribution in [2.45, 2.75) is 70.1 Å². The Morgan fingerprint density at radius 2 is 1.37 bits per heavy atom. The minimum Gasteiger partial charge on any atom is -0.394 e. The third kappa shape index (κ3) is 3.25. The first kappa shape index (κ1) is 21.1. The third-order valence-corrected chi connectivity index (χ3v) is 6.78. The first-order valence-corrected chi connectivity index (χ1v) is 10.1.